The highest BCUT2D eigenvalue weighted by Crippen LogP contribution is 2.21. The first-order chi connectivity index (χ1) is 6.69. The first kappa shape index (κ1) is 10.8. The summed E-state index contributed by atoms with van der Waals surface area (Å²) in [6, 6.07) is 5.54. The van der Waals surface area contributed by atoms with Gasteiger partial charge in [-0.15, -0.1) is 0 Å². The molecule has 14 heavy (non-hydrogen) atoms. The normalized spacial score (nSPS) is 12.2. The third kappa shape index (κ3) is 2.34. The zero-order valence-corrected chi connectivity index (χ0v) is 8.91. The molecule has 1 aromatic rings. The quantitative estimate of drug-likeness (QED) is 0.685. The number of carbonyl (C=O) groups is 1. The highest BCUT2D eigenvalue weighted by Gasteiger charge is 2.06. The van der Waals surface area contributed by atoms with Crippen LogP contribution in [0.2, 0.25) is 0 Å². The molecule has 1 rings (SSSR count). The summed E-state index contributed by atoms with van der Waals surface area (Å²) >= 11 is 0. The van der Waals surface area contributed by atoms with Crippen LogP contribution in [0.3, 0.4) is 0 Å². The molecule has 0 spiro atoms. The molecular weight excluding hydrogens is 176 g/mol. The molecule has 0 N–H and O–H groups in total. The molecule has 0 aromatic heterocycles. The topological polar surface area (TPSA) is 26.3 Å². The molecule has 2 heteroatoms. The van der Waals surface area contributed by atoms with Crippen molar-refractivity contribution in [3.05, 3.63) is 29.3 Å². The summed E-state index contributed by atoms with van der Waals surface area (Å²) in [4.78, 5) is 10.7. The van der Waals surface area contributed by atoms with E-state index in [4.69, 9.17) is 4.74 Å². The molecule has 0 heterocycles. The number of carbonyl (C=O) groups excluding carboxylic acids is 1. The van der Waals surface area contributed by atoms with Crippen molar-refractivity contribution in [1.29, 1.82) is 0 Å². The predicted octanol–water partition coefficient (Wildman–Crippen LogP) is 2.98. The van der Waals surface area contributed by atoms with Crippen LogP contribution >= 0.6 is 0 Å². The standard InChI is InChI=1S/C12H16O2/c1-4-9(2)14-12-7-5-6-11(8-13)10(12)3/h5-9H,4H2,1-3H3. The average molecular weight is 192 g/mol. The lowest BCUT2D eigenvalue weighted by atomic mass is 10.1. The molecule has 1 atom stereocenters. The van der Waals surface area contributed by atoms with E-state index in [0.717, 1.165) is 24.0 Å². The van der Waals surface area contributed by atoms with Crippen LogP contribution in [0.25, 0.3) is 0 Å². The summed E-state index contributed by atoms with van der Waals surface area (Å²) in [7, 11) is 0. The number of aldehydes is 1. The zero-order valence-electron chi connectivity index (χ0n) is 8.91. The third-order valence-corrected chi connectivity index (χ3v) is 2.36. The lowest BCUT2D eigenvalue weighted by Gasteiger charge is -2.15. The van der Waals surface area contributed by atoms with Crippen molar-refractivity contribution in [3.63, 3.8) is 0 Å². The minimum Gasteiger partial charge on any atom is -0.490 e. The summed E-state index contributed by atoms with van der Waals surface area (Å²) in [5.74, 6) is 0.809. The van der Waals surface area contributed by atoms with Gasteiger partial charge in [0.15, 0.2) is 0 Å². The van der Waals surface area contributed by atoms with E-state index in [1.807, 2.05) is 26.0 Å². The van der Waals surface area contributed by atoms with Crippen LogP contribution in [0.4, 0.5) is 0 Å². The van der Waals surface area contributed by atoms with Crippen LogP contribution in [0.5, 0.6) is 5.75 Å². The van der Waals surface area contributed by atoms with Crippen LogP contribution in [-0.2, 0) is 0 Å². The molecule has 0 bridgehead atoms. The Hall–Kier alpha value is -1.31. The van der Waals surface area contributed by atoms with Gasteiger partial charge in [0.25, 0.3) is 0 Å². The van der Waals surface area contributed by atoms with Crippen LogP contribution in [0, 0.1) is 6.92 Å². The summed E-state index contributed by atoms with van der Waals surface area (Å²) in [6.45, 7) is 6.00. The molecule has 1 aromatic carbocycles. The summed E-state index contributed by atoms with van der Waals surface area (Å²) in [6.07, 6.45) is 2.01. The Morgan fingerprint density at radius 3 is 2.79 bits per heavy atom. The van der Waals surface area contributed by atoms with Crippen molar-refractivity contribution < 1.29 is 9.53 Å². The number of ether oxygens (including phenoxy) is 1. The summed E-state index contributed by atoms with van der Waals surface area (Å²) in [5.41, 5.74) is 1.62. The van der Waals surface area contributed by atoms with E-state index < -0.39 is 0 Å². The highest BCUT2D eigenvalue weighted by molar-refractivity contribution is 5.78. The molecule has 0 aliphatic carbocycles. The fraction of sp³-hybridized carbons (Fsp3) is 0.417. The van der Waals surface area contributed by atoms with Gasteiger partial charge in [0, 0.05) is 11.1 Å². The minimum atomic E-state index is 0.190. The van der Waals surface area contributed by atoms with Crippen molar-refractivity contribution in [1.82, 2.24) is 0 Å². The first-order valence-corrected chi connectivity index (χ1v) is 4.90. The smallest absolute Gasteiger partial charge is 0.150 e. The Morgan fingerprint density at radius 1 is 1.50 bits per heavy atom. The van der Waals surface area contributed by atoms with Crippen molar-refractivity contribution in [2.24, 2.45) is 0 Å². The van der Waals surface area contributed by atoms with Gasteiger partial charge in [-0.1, -0.05) is 19.1 Å². The largest absolute Gasteiger partial charge is 0.490 e. The Kier molecular flexibility index (Phi) is 3.69. The third-order valence-electron chi connectivity index (χ3n) is 2.36. The number of benzene rings is 1. The highest BCUT2D eigenvalue weighted by atomic mass is 16.5. The molecule has 0 fully saturated rings. The van der Waals surface area contributed by atoms with Gasteiger partial charge in [0.2, 0.25) is 0 Å². The number of rotatable bonds is 4. The molecule has 0 aliphatic heterocycles. The number of hydrogen-bond donors (Lipinski definition) is 0. The van der Waals surface area contributed by atoms with Crippen molar-refractivity contribution in [2.45, 2.75) is 33.3 Å². The predicted molar refractivity (Wildman–Crippen MR) is 56.9 cm³/mol. The van der Waals surface area contributed by atoms with Crippen molar-refractivity contribution in [3.8, 4) is 5.75 Å². The molecule has 2 nitrogen and oxygen atoms in total. The molecular formula is C12H16O2. The molecule has 0 radical (unpaired) electrons. The maximum absolute atomic E-state index is 10.7. The average Bonchev–Trinajstić information content (AvgIpc) is 2.21. The van der Waals surface area contributed by atoms with E-state index in [1.54, 1.807) is 6.07 Å². The van der Waals surface area contributed by atoms with Crippen LogP contribution in [0.15, 0.2) is 18.2 Å². The van der Waals surface area contributed by atoms with Crippen LogP contribution < -0.4 is 4.74 Å². The molecule has 0 saturated carbocycles. The minimum absolute atomic E-state index is 0.190. The summed E-state index contributed by atoms with van der Waals surface area (Å²) < 4.78 is 5.68. The zero-order chi connectivity index (χ0) is 10.6. The fourth-order valence-electron chi connectivity index (χ4n) is 1.19. The Labute approximate surface area is 84.9 Å². The van der Waals surface area contributed by atoms with Gasteiger partial charge in [-0.2, -0.15) is 0 Å². The molecule has 1 unspecified atom stereocenters. The van der Waals surface area contributed by atoms with E-state index in [0.29, 0.717) is 5.56 Å². The van der Waals surface area contributed by atoms with E-state index in [2.05, 4.69) is 6.92 Å². The van der Waals surface area contributed by atoms with Gasteiger partial charge in [-0.3, -0.25) is 4.79 Å². The van der Waals surface area contributed by atoms with Gasteiger partial charge in [0.05, 0.1) is 6.10 Å². The van der Waals surface area contributed by atoms with E-state index in [9.17, 15) is 4.79 Å². The van der Waals surface area contributed by atoms with Gasteiger partial charge >= 0.3 is 0 Å². The summed E-state index contributed by atoms with van der Waals surface area (Å²) in [5, 5.41) is 0. The molecule has 0 amide bonds. The van der Waals surface area contributed by atoms with Crippen molar-refractivity contribution >= 4 is 6.29 Å². The Bertz CT molecular complexity index is 318. The molecule has 0 aliphatic rings. The van der Waals surface area contributed by atoms with Crippen LogP contribution in [-0.4, -0.2) is 12.4 Å². The molecule has 0 saturated heterocycles. The number of hydrogen-bond acceptors (Lipinski definition) is 2. The van der Waals surface area contributed by atoms with E-state index >= 15 is 0 Å². The van der Waals surface area contributed by atoms with Gasteiger partial charge in [-0.05, 0) is 26.3 Å². The van der Waals surface area contributed by atoms with E-state index in [1.165, 1.54) is 0 Å². The van der Waals surface area contributed by atoms with Gasteiger partial charge in [0.1, 0.15) is 12.0 Å². The van der Waals surface area contributed by atoms with Crippen LogP contribution in [0.1, 0.15) is 36.2 Å². The second-order valence-electron chi connectivity index (χ2n) is 3.42. The SMILES string of the molecule is CCC(C)Oc1cccc(C=O)c1C. The van der Waals surface area contributed by atoms with E-state index in [-0.39, 0.29) is 6.10 Å². The first-order valence-electron chi connectivity index (χ1n) is 4.90. The Morgan fingerprint density at radius 2 is 2.21 bits per heavy atom. The molecule has 76 valence electrons. The Balaban J connectivity index is 2.92. The lowest BCUT2D eigenvalue weighted by Crippen LogP contribution is -2.10. The fourth-order valence-corrected chi connectivity index (χ4v) is 1.19. The van der Waals surface area contributed by atoms with Gasteiger partial charge in [-0.25, -0.2) is 0 Å². The monoisotopic (exact) mass is 192 g/mol. The second kappa shape index (κ2) is 4.80. The van der Waals surface area contributed by atoms with Crippen molar-refractivity contribution in [2.75, 3.05) is 0 Å². The van der Waals surface area contributed by atoms with Gasteiger partial charge < -0.3 is 4.74 Å². The maximum atomic E-state index is 10.7. The maximum Gasteiger partial charge on any atom is 0.150 e. The second-order valence-corrected chi connectivity index (χ2v) is 3.42. The lowest BCUT2D eigenvalue weighted by molar-refractivity contribution is 0.112.